The van der Waals surface area contributed by atoms with Crippen molar-refractivity contribution < 1.29 is 8.78 Å². The number of benzene rings is 2. The first kappa shape index (κ1) is 16.2. The first-order valence-corrected chi connectivity index (χ1v) is 8.66. The molecule has 1 fully saturated rings. The topological polar surface area (TPSA) is 29.0 Å². The highest BCUT2D eigenvalue weighted by molar-refractivity contribution is 6.31. The Labute approximate surface area is 149 Å². The van der Waals surface area contributed by atoms with E-state index < -0.39 is 11.6 Å². The summed E-state index contributed by atoms with van der Waals surface area (Å²) < 4.78 is 27.9. The molecule has 1 aliphatic heterocycles. The lowest BCUT2D eigenvalue weighted by molar-refractivity contribution is 0.574. The maximum atomic E-state index is 14.4. The predicted octanol–water partition coefficient (Wildman–Crippen LogP) is 5.22. The molecule has 0 saturated carbocycles. The SMILES string of the molecule is Fc1ccc(-c2ccc(F)c3ncnc(N4CCCCC4)c23)cc1Cl. The Balaban J connectivity index is 1.97. The lowest BCUT2D eigenvalue weighted by atomic mass is 9.99. The average molecular weight is 360 g/mol. The van der Waals surface area contributed by atoms with Crippen LogP contribution in [0.25, 0.3) is 22.0 Å². The van der Waals surface area contributed by atoms with Crippen LogP contribution in [-0.4, -0.2) is 23.1 Å². The highest BCUT2D eigenvalue weighted by atomic mass is 35.5. The van der Waals surface area contributed by atoms with Gasteiger partial charge < -0.3 is 4.90 Å². The van der Waals surface area contributed by atoms with Gasteiger partial charge in [0, 0.05) is 13.1 Å². The number of halogens is 3. The van der Waals surface area contributed by atoms with Gasteiger partial charge in [-0.1, -0.05) is 23.7 Å². The Morgan fingerprint density at radius 1 is 0.920 bits per heavy atom. The summed E-state index contributed by atoms with van der Waals surface area (Å²) in [6, 6.07) is 7.56. The van der Waals surface area contributed by atoms with Gasteiger partial charge in [-0.05, 0) is 48.6 Å². The van der Waals surface area contributed by atoms with Crippen molar-refractivity contribution in [3.63, 3.8) is 0 Å². The van der Waals surface area contributed by atoms with Crippen molar-refractivity contribution in [2.45, 2.75) is 19.3 Å². The molecule has 0 bridgehead atoms. The van der Waals surface area contributed by atoms with E-state index in [1.807, 2.05) is 0 Å². The molecule has 4 rings (SSSR count). The fraction of sp³-hybridized carbons (Fsp3) is 0.263. The first-order chi connectivity index (χ1) is 12.1. The third-order valence-corrected chi connectivity index (χ3v) is 4.90. The molecule has 0 spiro atoms. The largest absolute Gasteiger partial charge is 0.356 e. The molecule has 0 radical (unpaired) electrons. The summed E-state index contributed by atoms with van der Waals surface area (Å²) in [6.45, 7) is 1.76. The molecular formula is C19H16ClF2N3. The summed E-state index contributed by atoms with van der Waals surface area (Å²) in [5.74, 6) is -0.156. The third kappa shape index (κ3) is 2.93. The van der Waals surface area contributed by atoms with Gasteiger partial charge in [0.25, 0.3) is 0 Å². The Bertz CT molecular complexity index is 939. The van der Waals surface area contributed by atoms with Crippen LogP contribution in [0.3, 0.4) is 0 Å². The molecule has 2 heterocycles. The van der Waals surface area contributed by atoms with E-state index in [-0.39, 0.29) is 10.5 Å². The molecule has 0 aliphatic carbocycles. The minimum absolute atomic E-state index is 0.0337. The van der Waals surface area contributed by atoms with Gasteiger partial charge >= 0.3 is 0 Å². The molecule has 1 aliphatic rings. The molecule has 25 heavy (non-hydrogen) atoms. The van der Waals surface area contributed by atoms with Crippen LogP contribution < -0.4 is 4.90 Å². The van der Waals surface area contributed by atoms with E-state index >= 15 is 0 Å². The molecule has 3 aromatic rings. The number of aromatic nitrogens is 2. The van der Waals surface area contributed by atoms with Gasteiger partial charge in [-0.3, -0.25) is 0 Å². The van der Waals surface area contributed by atoms with E-state index in [2.05, 4.69) is 14.9 Å². The summed E-state index contributed by atoms with van der Waals surface area (Å²) in [7, 11) is 0. The molecule has 1 aromatic heterocycles. The zero-order chi connectivity index (χ0) is 17.4. The number of hydrogen-bond donors (Lipinski definition) is 0. The summed E-state index contributed by atoms with van der Waals surface area (Å²) >= 11 is 5.94. The second kappa shape index (κ2) is 6.56. The standard InChI is InChI=1S/C19H16ClF2N3/c20-14-10-12(4-6-15(14)21)13-5-7-16(22)18-17(13)19(24-11-23-18)25-8-2-1-3-9-25/h4-7,10-11H,1-3,8-9H2. The smallest absolute Gasteiger partial charge is 0.149 e. The first-order valence-electron chi connectivity index (χ1n) is 8.29. The Kier molecular flexibility index (Phi) is 4.25. The minimum Gasteiger partial charge on any atom is -0.356 e. The van der Waals surface area contributed by atoms with E-state index in [0.29, 0.717) is 10.9 Å². The highest BCUT2D eigenvalue weighted by Gasteiger charge is 2.20. The highest BCUT2D eigenvalue weighted by Crippen LogP contribution is 2.36. The Morgan fingerprint density at radius 2 is 1.68 bits per heavy atom. The fourth-order valence-corrected chi connectivity index (χ4v) is 3.55. The summed E-state index contributed by atoms with van der Waals surface area (Å²) in [6.07, 6.45) is 4.75. The zero-order valence-corrected chi connectivity index (χ0v) is 14.2. The van der Waals surface area contributed by atoms with Crippen LogP contribution in [-0.2, 0) is 0 Å². The van der Waals surface area contributed by atoms with Crippen LogP contribution >= 0.6 is 11.6 Å². The number of fused-ring (bicyclic) bond motifs is 1. The number of piperidine rings is 1. The molecule has 2 aromatic carbocycles. The van der Waals surface area contributed by atoms with E-state index in [1.165, 1.54) is 24.9 Å². The van der Waals surface area contributed by atoms with Crippen LogP contribution in [0, 0.1) is 11.6 Å². The quantitative estimate of drug-likeness (QED) is 0.628. The van der Waals surface area contributed by atoms with Crippen molar-refractivity contribution in [3.05, 3.63) is 53.3 Å². The van der Waals surface area contributed by atoms with Gasteiger partial charge in [0.15, 0.2) is 0 Å². The van der Waals surface area contributed by atoms with Gasteiger partial charge in [-0.2, -0.15) is 0 Å². The zero-order valence-electron chi connectivity index (χ0n) is 13.5. The van der Waals surface area contributed by atoms with Crippen LogP contribution in [0.15, 0.2) is 36.7 Å². The molecular weight excluding hydrogens is 344 g/mol. The Morgan fingerprint density at radius 3 is 2.44 bits per heavy atom. The normalized spacial score (nSPS) is 14.9. The number of nitrogens with zero attached hydrogens (tertiary/aromatic N) is 3. The van der Waals surface area contributed by atoms with Crippen molar-refractivity contribution in [2.75, 3.05) is 18.0 Å². The molecule has 6 heteroatoms. The fourth-order valence-electron chi connectivity index (χ4n) is 3.37. The molecule has 0 amide bonds. The third-order valence-electron chi connectivity index (χ3n) is 4.61. The van der Waals surface area contributed by atoms with Crippen molar-refractivity contribution in [1.29, 1.82) is 0 Å². The van der Waals surface area contributed by atoms with E-state index in [4.69, 9.17) is 11.6 Å². The summed E-state index contributed by atoms with van der Waals surface area (Å²) in [5.41, 5.74) is 1.73. The minimum atomic E-state index is -0.482. The van der Waals surface area contributed by atoms with Gasteiger partial charge in [0.2, 0.25) is 0 Å². The molecule has 0 unspecified atom stereocenters. The summed E-state index contributed by atoms with van der Waals surface area (Å²) in [5, 5.41) is 0.679. The number of rotatable bonds is 2. The second-order valence-electron chi connectivity index (χ2n) is 6.19. The van der Waals surface area contributed by atoms with Gasteiger partial charge in [0.1, 0.15) is 29.3 Å². The van der Waals surface area contributed by atoms with Crippen molar-refractivity contribution in [3.8, 4) is 11.1 Å². The lowest BCUT2D eigenvalue weighted by Crippen LogP contribution is -2.30. The van der Waals surface area contributed by atoms with Crippen LogP contribution in [0.4, 0.5) is 14.6 Å². The monoisotopic (exact) mass is 359 g/mol. The van der Waals surface area contributed by atoms with Crippen molar-refractivity contribution in [2.24, 2.45) is 0 Å². The van der Waals surface area contributed by atoms with Crippen LogP contribution in [0.1, 0.15) is 19.3 Å². The molecule has 0 atom stereocenters. The van der Waals surface area contributed by atoms with E-state index in [1.54, 1.807) is 18.2 Å². The maximum absolute atomic E-state index is 14.4. The molecule has 3 nitrogen and oxygen atoms in total. The number of hydrogen-bond acceptors (Lipinski definition) is 3. The second-order valence-corrected chi connectivity index (χ2v) is 6.60. The van der Waals surface area contributed by atoms with Crippen LogP contribution in [0.5, 0.6) is 0 Å². The predicted molar refractivity (Wildman–Crippen MR) is 96.0 cm³/mol. The summed E-state index contributed by atoms with van der Waals surface area (Å²) in [4.78, 5) is 10.7. The van der Waals surface area contributed by atoms with Gasteiger partial charge in [-0.25, -0.2) is 18.7 Å². The molecule has 128 valence electrons. The van der Waals surface area contributed by atoms with Crippen molar-refractivity contribution in [1.82, 2.24) is 9.97 Å². The van der Waals surface area contributed by atoms with Gasteiger partial charge in [0.05, 0.1) is 10.4 Å². The maximum Gasteiger partial charge on any atom is 0.149 e. The average Bonchev–Trinajstić information content (AvgIpc) is 2.65. The molecule has 1 saturated heterocycles. The molecule has 0 N–H and O–H groups in total. The van der Waals surface area contributed by atoms with E-state index in [0.717, 1.165) is 37.3 Å². The van der Waals surface area contributed by atoms with Crippen LogP contribution in [0.2, 0.25) is 5.02 Å². The van der Waals surface area contributed by atoms with Crippen molar-refractivity contribution >= 4 is 28.3 Å². The number of anilines is 1. The Hall–Kier alpha value is -2.27. The van der Waals surface area contributed by atoms with E-state index in [9.17, 15) is 8.78 Å². The van der Waals surface area contributed by atoms with Gasteiger partial charge in [-0.15, -0.1) is 0 Å². The lowest BCUT2D eigenvalue weighted by Gasteiger charge is -2.29.